The van der Waals surface area contributed by atoms with Gasteiger partial charge in [0.2, 0.25) is 23.6 Å². The van der Waals surface area contributed by atoms with Crippen LogP contribution in [0.2, 0.25) is 0 Å². The number of hydrogen-bond donors (Lipinski definition) is 3. The smallest absolute Gasteiger partial charge is 0.270 e. The zero-order chi connectivity index (χ0) is 41.1. The van der Waals surface area contributed by atoms with Gasteiger partial charge in [0.1, 0.15) is 24.0 Å². The molecule has 17 heteroatoms. The van der Waals surface area contributed by atoms with Gasteiger partial charge in [-0.25, -0.2) is 23.7 Å². The van der Waals surface area contributed by atoms with E-state index >= 15 is 0 Å². The third kappa shape index (κ3) is 7.33. The van der Waals surface area contributed by atoms with Crippen molar-refractivity contribution < 1.29 is 32.6 Å². The summed E-state index contributed by atoms with van der Waals surface area (Å²) in [6.07, 6.45) is 5.09. The highest BCUT2D eigenvalue weighted by molar-refractivity contribution is 6.03. The molecule has 3 aromatic heterocycles. The first-order valence-electron chi connectivity index (χ1n) is 21.2. The summed E-state index contributed by atoms with van der Waals surface area (Å²) in [6, 6.07) is 10.6. The Balaban J connectivity index is 0.729. The van der Waals surface area contributed by atoms with E-state index in [0.29, 0.717) is 30.8 Å². The SMILES string of the molecule is C[C@@H]1Cc2c([nH]c3ccccc23)[C@@H](c2cnc(N3CCC4(CC3)C[C@@H](CN3CCN5c6ccc(C(=O)N[C@H]7CCC(=O)NC7=O)nc6OC[C@H]5C3)CO4)nc2)N1CC(F)F. The number of carbonyl (C=O) groups excluding carboxylic acids is 3. The number of ether oxygens (including phenoxy) is 2. The number of carbonyl (C=O) groups is 3. The molecule has 3 amide bonds. The van der Waals surface area contributed by atoms with E-state index < -0.39 is 30.3 Å². The van der Waals surface area contributed by atoms with E-state index in [0.717, 1.165) is 93.0 Å². The fourth-order valence-electron chi connectivity index (χ4n) is 10.5. The van der Waals surface area contributed by atoms with Gasteiger partial charge in [-0.1, -0.05) is 18.2 Å². The van der Waals surface area contributed by atoms with Crippen LogP contribution < -0.4 is 25.2 Å². The average Bonchev–Trinajstić information content (AvgIpc) is 3.82. The Morgan fingerprint density at radius 2 is 1.87 bits per heavy atom. The van der Waals surface area contributed by atoms with Crippen LogP contribution in [0.1, 0.15) is 72.4 Å². The number of rotatable bonds is 8. The number of piperidine rings is 2. The van der Waals surface area contributed by atoms with Gasteiger partial charge >= 0.3 is 0 Å². The molecule has 316 valence electrons. The lowest BCUT2D eigenvalue weighted by Gasteiger charge is -2.45. The molecule has 0 radical (unpaired) electrons. The molecule has 5 atom stereocenters. The van der Waals surface area contributed by atoms with Crippen molar-refractivity contribution in [1.82, 2.24) is 40.4 Å². The molecule has 4 fully saturated rings. The van der Waals surface area contributed by atoms with Gasteiger partial charge < -0.3 is 29.6 Å². The van der Waals surface area contributed by atoms with Crippen molar-refractivity contribution in [3.63, 3.8) is 0 Å². The van der Waals surface area contributed by atoms with Gasteiger partial charge in [-0.15, -0.1) is 0 Å². The predicted octanol–water partition coefficient (Wildman–Crippen LogP) is 3.45. The van der Waals surface area contributed by atoms with Crippen molar-refractivity contribution in [3.05, 3.63) is 71.3 Å². The number of nitrogens with zero attached hydrogens (tertiary/aromatic N) is 7. The molecule has 0 aliphatic carbocycles. The lowest BCUT2D eigenvalue weighted by atomic mass is 9.85. The molecule has 0 unspecified atom stereocenters. The third-order valence-corrected chi connectivity index (χ3v) is 13.5. The number of hydrogen-bond acceptors (Lipinski definition) is 12. The van der Waals surface area contributed by atoms with Gasteiger partial charge in [-0.3, -0.25) is 29.5 Å². The quantitative estimate of drug-likeness (QED) is 0.223. The number of anilines is 2. The molecule has 10 rings (SSSR count). The van der Waals surface area contributed by atoms with Crippen molar-refractivity contribution in [2.75, 3.05) is 68.8 Å². The zero-order valence-electron chi connectivity index (χ0n) is 33.6. The fourth-order valence-corrected chi connectivity index (χ4v) is 10.5. The molecule has 0 saturated carbocycles. The Kier molecular flexibility index (Phi) is 10.1. The number of H-pyrrole nitrogens is 1. The maximum absolute atomic E-state index is 13.9. The summed E-state index contributed by atoms with van der Waals surface area (Å²) in [4.78, 5) is 63.1. The van der Waals surface area contributed by atoms with Gasteiger partial charge in [0.05, 0.1) is 30.8 Å². The molecule has 15 nitrogen and oxygen atoms in total. The Morgan fingerprint density at radius 1 is 1.05 bits per heavy atom. The van der Waals surface area contributed by atoms with E-state index in [1.165, 1.54) is 5.56 Å². The fraction of sp³-hybridized carbons (Fsp3) is 0.535. The van der Waals surface area contributed by atoms with Crippen molar-refractivity contribution in [3.8, 4) is 5.88 Å². The first kappa shape index (κ1) is 38.9. The van der Waals surface area contributed by atoms with Gasteiger partial charge in [0.25, 0.3) is 12.3 Å². The molecule has 1 spiro atoms. The number of piperazine rings is 1. The van der Waals surface area contributed by atoms with E-state index in [9.17, 15) is 23.2 Å². The topological polar surface area (TPSA) is 161 Å². The molecule has 60 heavy (non-hydrogen) atoms. The van der Waals surface area contributed by atoms with Crippen molar-refractivity contribution >= 4 is 40.3 Å². The number of benzene rings is 1. The molecule has 9 heterocycles. The Labute approximate surface area is 346 Å². The Bertz CT molecular complexity index is 2280. The number of aromatic amines is 1. The van der Waals surface area contributed by atoms with Crippen molar-refractivity contribution in [2.24, 2.45) is 5.92 Å². The molecule has 6 aliphatic rings. The van der Waals surface area contributed by atoms with Gasteiger partial charge in [0.15, 0.2) is 0 Å². The van der Waals surface area contributed by atoms with Crippen molar-refractivity contribution in [2.45, 2.75) is 81.6 Å². The normalized spacial score (nSPS) is 26.8. The second-order valence-electron chi connectivity index (χ2n) is 17.4. The molecule has 1 aromatic carbocycles. The minimum atomic E-state index is -2.46. The zero-order valence-corrected chi connectivity index (χ0v) is 33.6. The molecular weight excluding hydrogens is 775 g/mol. The highest BCUT2D eigenvalue weighted by Gasteiger charge is 2.45. The van der Waals surface area contributed by atoms with Crippen LogP contribution in [0.25, 0.3) is 10.9 Å². The summed E-state index contributed by atoms with van der Waals surface area (Å²) >= 11 is 0. The van der Waals surface area contributed by atoms with E-state index in [1.807, 2.05) is 48.5 Å². The first-order chi connectivity index (χ1) is 29.1. The Hall–Kier alpha value is -5.26. The minimum Gasteiger partial charge on any atom is -0.474 e. The summed E-state index contributed by atoms with van der Waals surface area (Å²) in [5.41, 5.74) is 4.80. The number of nitrogens with one attached hydrogen (secondary N) is 3. The van der Waals surface area contributed by atoms with Gasteiger partial charge in [0, 0.05) is 86.3 Å². The molecular formula is C43H50F2N10O5. The van der Waals surface area contributed by atoms with Crippen LogP contribution in [0.5, 0.6) is 5.88 Å². The van der Waals surface area contributed by atoms with Crippen molar-refractivity contribution in [1.29, 1.82) is 0 Å². The van der Waals surface area contributed by atoms with E-state index in [1.54, 1.807) is 6.07 Å². The maximum Gasteiger partial charge on any atom is 0.270 e. The number of amides is 3. The van der Waals surface area contributed by atoms with E-state index in [4.69, 9.17) is 19.4 Å². The summed E-state index contributed by atoms with van der Waals surface area (Å²) in [7, 11) is 0. The maximum atomic E-state index is 13.9. The van der Waals surface area contributed by atoms with Crippen LogP contribution in [0.4, 0.5) is 20.4 Å². The Morgan fingerprint density at radius 3 is 2.67 bits per heavy atom. The monoisotopic (exact) mass is 824 g/mol. The lowest BCUT2D eigenvalue weighted by Crippen LogP contribution is -2.58. The van der Waals surface area contributed by atoms with E-state index in [-0.39, 0.29) is 48.7 Å². The number of halogens is 2. The van der Waals surface area contributed by atoms with Crippen LogP contribution in [0, 0.1) is 5.92 Å². The lowest BCUT2D eigenvalue weighted by molar-refractivity contribution is -0.134. The van der Waals surface area contributed by atoms with Crippen LogP contribution in [0.3, 0.4) is 0 Å². The third-order valence-electron chi connectivity index (χ3n) is 13.5. The van der Waals surface area contributed by atoms with Crippen LogP contribution in [0.15, 0.2) is 48.8 Å². The second-order valence-corrected chi connectivity index (χ2v) is 17.4. The number of alkyl halides is 2. The number of fused-ring (bicyclic) bond motifs is 6. The number of aromatic nitrogens is 4. The summed E-state index contributed by atoms with van der Waals surface area (Å²) in [6.45, 7) is 7.94. The number of pyridine rings is 1. The average molecular weight is 825 g/mol. The summed E-state index contributed by atoms with van der Waals surface area (Å²) in [5, 5.41) is 6.08. The summed E-state index contributed by atoms with van der Waals surface area (Å²) in [5.74, 6) is 0.161. The van der Waals surface area contributed by atoms with E-state index in [2.05, 4.69) is 41.4 Å². The highest BCUT2D eigenvalue weighted by atomic mass is 19.3. The molecule has 4 saturated heterocycles. The second kappa shape index (κ2) is 15.6. The predicted molar refractivity (Wildman–Crippen MR) is 217 cm³/mol. The number of imide groups is 1. The molecule has 4 aromatic rings. The largest absolute Gasteiger partial charge is 0.474 e. The number of para-hydroxylation sites is 1. The van der Waals surface area contributed by atoms with Crippen LogP contribution in [-0.4, -0.2) is 137 Å². The summed E-state index contributed by atoms with van der Waals surface area (Å²) < 4.78 is 40.5. The van der Waals surface area contributed by atoms with Crippen LogP contribution >= 0.6 is 0 Å². The first-order valence-corrected chi connectivity index (χ1v) is 21.2. The molecule has 0 bridgehead atoms. The molecule has 6 aliphatic heterocycles. The van der Waals surface area contributed by atoms with Gasteiger partial charge in [-0.05, 0) is 68.7 Å². The van der Waals surface area contributed by atoms with Gasteiger partial charge in [-0.2, -0.15) is 0 Å². The highest BCUT2D eigenvalue weighted by Crippen LogP contribution is 2.43. The minimum absolute atomic E-state index is 0.0711. The molecule has 3 N–H and O–H groups in total. The standard InChI is InChI=1S/C43H50F2N10O5/c1-25-16-30-29-4-2-3-5-31(29)48-37(30)38(55(25)22-35(44)45)27-18-46-42(47-19-27)53-12-10-43(11-13-53)17-26(23-60-43)20-52-14-15-54-28(21-52)24-59-41-34(54)8-6-33(50-41)39(57)49-32-7-9-36(56)51-40(32)58/h2-6,8,18-19,25-26,28,32,35,38,48H,7,9-17,20-24H2,1H3,(H,49,57)(H,51,56,58)/t25-,26+,28-,32+,38-/m1/s1. The van der Waals surface area contributed by atoms with Crippen LogP contribution in [-0.2, 0) is 20.7 Å².